The number of ether oxygens (including phenoxy) is 3. The largest absolute Gasteiger partial charge is 0.454 e. The van der Waals surface area contributed by atoms with E-state index in [1.807, 2.05) is 20.8 Å². The van der Waals surface area contributed by atoms with E-state index in [0.29, 0.717) is 35.4 Å². The van der Waals surface area contributed by atoms with Crippen molar-refractivity contribution in [1.82, 2.24) is 15.2 Å². The number of carbonyl (C=O) groups excluding carboxylic acids is 2. The molecule has 3 N–H and O–H groups in total. The van der Waals surface area contributed by atoms with Gasteiger partial charge >= 0.3 is 0 Å². The molecule has 0 radical (unpaired) electrons. The lowest BCUT2D eigenvalue weighted by Crippen LogP contribution is -2.51. The fourth-order valence-electron chi connectivity index (χ4n) is 3.65. The lowest BCUT2D eigenvalue weighted by molar-refractivity contribution is -0.124. The average Bonchev–Trinajstić information content (AvgIpc) is 3.28. The fraction of sp³-hybridized carbons (Fsp3) is 0.522. The van der Waals surface area contributed by atoms with Gasteiger partial charge in [-0.1, -0.05) is 20.3 Å². The summed E-state index contributed by atoms with van der Waals surface area (Å²) < 4.78 is 17.7. The number of amides is 2. The average molecular weight is 462 g/mol. The molecule has 0 aliphatic carbocycles. The molecular formula is C23H31N3O7. The molecule has 0 fully saturated rings. The van der Waals surface area contributed by atoms with Gasteiger partial charge in [0, 0.05) is 25.4 Å². The first-order valence-electron chi connectivity index (χ1n) is 11.1. The van der Waals surface area contributed by atoms with Gasteiger partial charge in [-0.15, -0.1) is 0 Å². The quantitative estimate of drug-likeness (QED) is 0.426. The predicted molar refractivity (Wildman–Crippen MR) is 122 cm³/mol. The standard InChI is InChI=1S/C23H31N3O7/c1-4-14(3)20(23(30)24-6-8-31-9-7-27)25-22(29)16-12-26(5-2)17-11-19-18(32-13-33-19)10-15(17)21(16)28/h10-12,14,20,27H,4-9,13H2,1-3H3,(H,24,30)(H,25,29)/t14?,20-/m0/s1. The van der Waals surface area contributed by atoms with Crippen molar-refractivity contribution in [1.29, 1.82) is 0 Å². The fourth-order valence-corrected chi connectivity index (χ4v) is 3.65. The number of aromatic nitrogens is 1. The molecule has 33 heavy (non-hydrogen) atoms. The molecule has 0 spiro atoms. The molecule has 2 atom stereocenters. The highest BCUT2D eigenvalue weighted by molar-refractivity contribution is 6.00. The van der Waals surface area contributed by atoms with E-state index < -0.39 is 17.4 Å². The van der Waals surface area contributed by atoms with Crippen LogP contribution in [-0.2, 0) is 16.1 Å². The van der Waals surface area contributed by atoms with E-state index in [9.17, 15) is 14.4 Å². The molecule has 3 rings (SSSR count). The number of hydrogen-bond donors (Lipinski definition) is 3. The number of aliphatic hydroxyl groups is 1. The second kappa shape index (κ2) is 11.2. The van der Waals surface area contributed by atoms with Crippen molar-refractivity contribution in [3.05, 3.63) is 34.1 Å². The van der Waals surface area contributed by atoms with Crippen molar-refractivity contribution in [2.24, 2.45) is 5.92 Å². The minimum Gasteiger partial charge on any atom is -0.454 e. The molecule has 0 bridgehead atoms. The van der Waals surface area contributed by atoms with Gasteiger partial charge in [-0.25, -0.2) is 0 Å². The van der Waals surface area contributed by atoms with Crippen LogP contribution < -0.4 is 25.5 Å². The minimum atomic E-state index is -0.817. The zero-order valence-electron chi connectivity index (χ0n) is 19.2. The third-order valence-electron chi connectivity index (χ3n) is 5.72. The molecule has 1 aliphatic heterocycles. The summed E-state index contributed by atoms with van der Waals surface area (Å²) in [5.41, 5.74) is 0.157. The summed E-state index contributed by atoms with van der Waals surface area (Å²) in [7, 11) is 0. The number of fused-ring (bicyclic) bond motifs is 2. The Morgan fingerprint density at radius 3 is 2.61 bits per heavy atom. The topological polar surface area (TPSA) is 128 Å². The first kappa shape index (κ1) is 24.5. The molecule has 1 aromatic carbocycles. The van der Waals surface area contributed by atoms with Crippen LogP contribution in [0, 0.1) is 5.92 Å². The highest BCUT2D eigenvalue weighted by Gasteiger charge is 2.28. The zero-order chi connectivity index (χ0) is 24.0. The van der Waals surface area contributed by atoms with Crippen molar-refractivity contribution in [3.63, 3.8) is 0 Å². The molecule has 180 valence electrons. The first-order chi connectivity index (χ1) is 15.9. The zero-order valence-corrected chi connectivity index (χ0v) is 19.2. The van der Waals surface area contributed by atoms with Gasteiger partial charge in [0.25, 0.3) is 5.91 Å². The van der Waals surface area contributed by atoms with Crippen LogP contribution in [0.15, 0.2) is 23.1 Å². The SMILES string of the molecule is CCC(C)[C@H](NC(=O)c1cn(CC)c2cc3c(cc2c1=O)OCO3)C(=O)NCCOCCO. The number of aryl methyl sites for hydroxylation is 1. The van der Waals surface area contributed by atoms with Crippen LogP contribution in [-0.4, -0.2) is 60.7 Å². The van der Waals surface area contributed by atoms with Crippen LogP contribution in [0.1, 0.15) is 37.6 Å². The van der Waals surface area contributed by atoms with E-state index in [0.717, 1.165) is 0 Å². The lowest BCUT2D eigenvalue weighted by atomic mass is 9.97. The molecule has 1 aromatic heterocycles. The van der Waals surface area contributed by atoms with Crippen molar-refractivity contribution < 1.29 is 28.9 Å². The summed E-state index contributed by atoms with van der Waals surface area (Å²) in [5, 5.41) is 14.6. The Hall–Kier alpha value is -3.11. The van der Waals surface area contributed by atoms with E-state index in [-0.39, 0.29) is 50.5 Å². The van der Waals surface area contributed by atoms with E-state index in [1.54, 1.807) is 16.7 Å². The van der Waals surface area contributed by atoms with Crippen molar-refractivity contribution in [2.75, 3.05) is 33.2 Å². The molecule has 10 heteroatoms. The number of rotatable bonds is 11. The molecule has 10 nitrogen and oxygen atoms in total. The Bertz CT molecular complexity index is 1070. The first-order valence-corrected chi connectivity index (χ1v) is 11.1. The number of hydrogen-bond acceptors (Lipinski definition) is 7. The number of aliphatic hydroxyl groups excluding tert-OH is 1. The van der Waals surface area contributed by atoms with Gasteiger partial charge in [-0.3, -0.25) is 14.4 Å². The molecule has 2 heterocycles. The molecule has 2 aromatic rings. The Balaban J connectivity index is 1.85. The maximum atomic E-state index is 13.2. The van der Waals surface area contributed by atoms with Crippen molar-refractivity contribution >= 4 is 22.7 Å². The highest BCUT2D eigenvalue weighted by atomic mass is 16.7. The van der Waals surface area contributed by atoms with Crippen molar-refractivity contribution in [3.8, 4) is 11.5 Å². The third kappa shape index (κ3) is 5.45. The Labute approximate surface area is 191 Å². The van der Waals surface area contributed by atoms with Gasteiger partial charge in [0.15, 0.2) is 11.5 Å². The van der Waals surface area contributed by atoms with Crippen LogP contribution in [0.25, 0.3) is 10.9 Å². The second-order valence-electron chi connectivity index (χ2n) is 7.84. The van der Waals surface area contributed by atoms with E-state index in [1.165, 1.54) is 6.20 Å². The second-order valence-corrected chi connectivity index (χ2v) is 7.84. The van der Waals surface area contributed by atoms with Gasteiger partial charge in [-0.05, 0) is 18.9 Å². The Morgan fingerprint density at radius 2 is 1.94 bits per heavy atom. The molecule has 0 saturated carbocycles. The smallest absolute Gasteiger partial charge is 0.257 e. The Kier molecular flexibility index (Phi) is 8.29. The van der Waals surface area contributed by atoms with Crippen molar-refractivity contribution in [2.45, 2.75) is 39.8 Å². The Morgan fingerprint density at radius 1 is 1.21 bits per heavy atom. The summed E-state index contributed by atoms with van der Waals surface area (Å²) in [5.74, 6) is -0.114. The highest BCUT2D eigenvalue weighted by Crippen LogP contribution is 2.35. The number of pyridine rings is 1. The van der Waals surface area contributed by atoms with E-state index in [4.69, 9.17) is 19.3 Å². The normalized spacial score (nSPS) is 14.2. The molecule has 2 amide bonds. The summed E-state index contributed by atoms with van der Waals surface area (Å²) in [6, 6.07) is 2.51. The molecule has 1 unspecified atom stereocenters. The van der Waals surface area contributed by atoms with Crippen LogP contribution in [0.3, 0.4) is 0 Å². The maximum Gasteiger partial charge on any atom is 0.257 e. The molecule has 0 saturated heterocycles. The maximum absolute atomic E-state index is 13.2. The monoisotopic (exact) mass is 461 g/mol. The molecule has 1 aliphatic rings. The number of carbonyl (C=O) groups is 2. The van der Waals surface area contributed by atoms with Gasteiger partial charge < -0.3 is 34.5 Å². The van der Waals surface area contributed by atoms with Gasteiger partial charge in [0.05, 0.1) is 30.7 Å². The van der Waals surface area contributed by atoms with E-state index in [2.05, 4.69) is 10.6 Å². The summed E-state index contributed by atoms with van der Waals surface area (Å²) in [4.78, 5) is 39.1. The van der Waals surface area contributed by atoms with Crippen LogP contribution >= 0.6 is 0 Å². The lowest BCUT2D eigenvalue weighted by Gasteiger charge is -2.24. The number of nitrogens with one attached hydrogen (secondary N) is 2. The van der Waals surface area contributed by atoms with Crippen LogP contribution in [0.4, 0.5) is 0 Å². The third-order valence-corrected chi connectivity index (χ3v) is 5.72. The summed E-state index contributed by atoms with van der Waals surface area (Å²) in [6.07, 6.45) is 2.16. The summed E-state index contributed by atoms with van der Waals surface area (Å²) >= 11 is 0. The molecular weight excluding hydrogens is 430 g/mol. The van der Waals surface area contributed by atoms with E-state index >= 15 is 0 Å². The minimum absolute atomic E-state index is 0.0457. The number of nitrogens with zero attached hydrogens (tertiary/aromatic N) is 1. The van der Waals surface area contributed by atoms with Gasteiger partial charge in [0.1, 0.15) is 11.6 Å². The van der Waals surface area contributed by atoms with Crippen LogP contribution in [0.5, 0.6) is 11.5 Å². The number of benzene rings is 1. The van der Waals surface area contributed by atoms with Gasteiger partial charge in [-0.2, -0.15) is 0 Å². The van der Waals surface area contributed by atoms with Gasteiger partial charge in [0.2, 0.25) is 18.1 Å². The van der Waals surface area contributed by atoms with Crippen LogP contribution in [0.2, 0.25) is 0 Å². The summed E-state index contributed by atoms with van der Waals surface area (Å²) in [6.45, 7) is 6.88. The predicted octanol–water partition coefficient (Wildman–Crippen LogP) is 1.02.